The molecule has 148 valence electrons. The Hall–Kier alpha value is -2.17. The van der Waals surface area contributed by atoms with Crippen LogP contribution in [0.1, 0.15) is 13.8 Å². The van der Waals surface area contributed by atoms with Crippen LogP contribution in [0.25, 0.3) is 0 Å². The first kappa shape index (κ1) is 19.6. The molecule has 2 heterocycles. The summed E-state index contributed by atoms with van der Waals surface area (Å²) in [5, 5.41) is 0. The van der Waals surface area contributed by atoms with Crippen LogP contribution in [-0.4, -0.2) is 75.6 Å². The van der Waals surface area contributed by atoms with Gasteiger partial charge in [0.2, 0.25) is 15.9 Å². The van der Waals surface area contributed by atoms with Crippen LogP contribution >= 0.6 is 0 Å². The molecule has 2 saturated heterocycles. The summed E-state index contributed by atoms with van der Waals surface area (Å²) in [6, 6.07) is 3.88. The van der Waals surface area contributed by atoms with Crippen molar-refractivity contribution in [3.63, 3.8) is 0 Å². The average molecular weight is 397 g/mol. The van der Waals surface area contributed by atoms with Gasteiger partial charge in [0, 0.05) is 26.2 Å². The molecule has 1 aromatic carbocycles. The second-order valence-electron chi connectivity index (χ2n) is 6.63. The zero-order valence-electron chi connectivity index (χ0n) is 15.5. The molecular weight excluding hydrogens is 374 g/mol. The molecule has 0 saturated carbocycles. The van der Waals surface area contributed by atoms with Crippen LogP contribution in [0.15, 0.2) is 23.1 Å². The standard InChI is InChI=1S/C17H23N3O6S/c1-12(2)26-15-10-13(27(23,24)19-6-8-25-9-7-19)4-5-14(15)20-11-16(21)18(3)17(20)22/h4-5,10,12H,6-9,11H2,1-3H3. The lowest BCUT2D eigenvalue weighted by molar-refractivity contribution is -0.123. The van der Waals surface area contributed by atoms with Gasteiger partial charge in [-0.3, -0.25) is 14.6 Å². The van der Waals surface area contributed by atoms with Gasteiger partial charge in [-0.2, -0.15) is 4.31 Å². The number of amides is 3. The van der Waals surface area contributed by atoms with Crippen LogP contribution in [0.3, 0.4) is 0 Å². The molecule has 3 rings (SSSR count). The summed E-state index contributed by atoms with van der Waals surface area (Å²) in [4.78, 5) is 26.5. The normalized spacial score (nSPS) is 19.3. The van der Waals surface area contributed by atoms with Crippen LogP contribution in [0.5, 0.6) is 5.75 Å². The van der Waals surface area contributed by atoms with Crippen molar-refractivity contribution < 1.29 is 27.5 Å². The van der Waals surface area contributed by atoms with Crippen molar-refractivity contribution in [3.05, 3.63) is 18.2 Å². The Morgan fingerprint density at radius 3 is 2.37 bits per heavy atom. The maximum atomic E-state index is 12.9. The van der Waals surface area contributed by atoms with E-state index in [1.807, 2.05) is 0 Å². The number of nitrogens with zero attached hydrogens (tertiary/aromatic N) is 3. The number of likely N-dealkylation sites (N-methyl/N-ethyl adjacent to an activating group) is 1. The van der Waals surface area contributed by atoms with E-state index in [9.17, 15) is 18.0 Å². The molecule has 0 aliphatic carbocycles. The molecule has 0 bridgehead atoms. The summed E-state index contributed by atoms with van der Waals surface area (Å²) < 4.78 is 38.1. The minimum absolute atomic E-state index is 0.0788. The van der Waals surface area contributed by atoms with E-state index in [0.717, 1.165) is 4.90 Å². The van der Waals surface area contributed by atoms with Crippen molar-refractivity contribution in [3.8, 4) is 5.75 Å². The van der Waals surface area contributed by atoms with Crippen LogP contribution in [0.2, 0.25) is 0 Å². The number of sulfonamides is 1. The first-order valence-electron chi connectivity index (χ1n) is 8.68. The first-order valence-corrected chi connectivity index (χ1v) is 10.1. The number of hydrogen-bond acceptors (Lipinski definition) is 6. The van der Waals surface area contributed by atoms with E-state index in [1.54, 1.807) is 13.8 Å². The lowest BCUT2D eigenvalue weighted by atomic mass is 10.2. The Morgan fingerprint density at radius 1 is 1.15 bits per heavy atom. The van der Waals surface area contributed by atoms with Gasteiger partial charge in [0.1, 0.15) is 12.3 Å². The number of benzene rings is 1. The van der Waals surface area contributed by atoms with E-state index in [0.29, 0.717) is 18.9 Å². The maximum Gasteiger partial charge on any atom is 0.331 e. The molecule has 0 radical (unpaired) electrons. The Kier molecular flexibility index (Phi) is 5.41. The zero-order chi connectivity index (χ0) is 19.8. The summed E-state index contributed by atoms with van der Waals surface area (Å²) in [6.45, 7) is 4.76. The molecule has 0 N–H and O–H groups in total. The quantitative estimate of drug-likeness (QED) is 0.685. The number of carbonyl (C=O) groups excluding carboxylic acids is 2. The first-order chi connectivity index (χ1) is 12.7. The second-order valence-corrected chi connectivity index (χ2v) is 8.57. The van der Waals surface area contributed by atoms with Gasteiger partial charge < -0.3 is 9.47 Å². The van der Waals surface area contributed by atoms with Crippen LogP contribution in [-0.2, 0) is 19.6 Å². The second kappa shape index (κ2) is 7.45. The summed E-state index contributed by atoms with van der Waals surface area (Å²) in [5.41, 5.74) is 0.368. The van der Waals surface area contributed by atoms with Gasteiger partial charge in [-0.15, -0.1) is 0 Å². The minimum Gasteiger partial charge on any atom is -0.489 e. The summed E-state index contributed by atoms with van der Waals surface area (Å²) >= 11 is 0. The predicted octanol–water partition coefficient (Wildman–Crippen LogP) is 0.893. The highest BCUT2D eigenvalue weighted by Gasteiger charge is 2.36. The van der Waals surface area contributed by atoms with Crippen molar-refractivity contribution >= 4 is 27.6 Å². The van der Waals surface area contributed by atoms with E-state index in [-0.39, 0.29) is 42.3 Å². The fourth-order valence-electron chi connectivity index (χ4n) is 2.95. The van der Waals surface area contributed by atoms with E-state index >= 15 is 0 Å². The lowest BCUT2D eigenvalue weighted by Gasteiger charge is -2.27. The highest BCUT2D eigenvalue weighted by Crippen LogP contribution is 2.35. The minimum atomic E-state index is -3.70. The van der Waals surface area contributed by atoms with E-state index in [1.165, 1.54) is 34.5 Å². The molecule has 10 heteroatoms. The molecule has 2 aliphatic heterocycles. The van der Waals surface area contributed by atoms with Crippen molar-refractivity contribution in [1.29, 1.82) is 0 Å². The monoisotopic (exact) mass is 397 g/mol. The van der Waals surface area contributed by atoms with Crippen LogP contribution in [0, 0.1) is 0 Å². The Labute approximate surface area is 158 Å². The van der Waals surface area contributed by atoms with Crippen molar-refractivity contribution in [1.82, 2.24) is 9.21 Å². The van der Waals surface area contributed by atoms with E-state index < -0.39 is 16.1 Å². The van der Waals surface area contributed by atoms with E-state index in [4.69, 9.17) is 9.47 Å². The number of carbonyl (C=O) groups is 2. The van der Waals surface area contributed by atoms with Gasteiger partial charge in [0.25, 0.3) is 0 Å². The Balaban J connectivity index is 1.99. The molecule has 27 heavy (non-hydrogen) atoms. The smallest absolute Gasteiger partial charge is 0.331 e. The molecule has 9 nitrogen and oxygen atoms in total. The van der Waals surface area contributed by atoms with Gasteiger partial charge in [0.05, 0.1) is 29.9 Å². The van der Waals surface area contributed by atoms with Crippen molar-refractivity contribution in [2.24, 2.45) is 0 Å². The molecule has 0 atom stereocenters. The van der Waals surface area contributed by atoms with Crippen LogP contribution < -0.4 is 9.64 Å². The number of urea groups is 1. The number of morpholine rings is 1. The number of ether oxygens (including phenoxy) is 2. The predicted molar refractivity (Wildman–Crippen MR) is 97.3 cm³/mol. The molecular formula is C17H23N3O6S. The number of hydrogen-bond donors (Lipinski definition) is 0. The number of rotatable bonds is 5. The summed E-state index contributed by atoms with van der Waals surface area (Å²) in [7, 11) is -2.30. The zero-order valence-corrected chi connectivity index (χ0v) is 16.4. The maximum absolute atomic E-state index is 12.9. The van der Waals surface area contributed by atoms with Gasteiger partial charge in [-0.25, -0.2) is 13.2 Å². The lowest BCUT2D eigenvalue weighted by Crippen LogP contribution is -2.40. The third-order valence-electron chi connectivity index (χ3n) is 4.38. The van der Waals surface area contributed by atoms with E-state index in [2.05, 4.69) is 0 Å². The number of imide groups is 1. The largest absolute Gasteiger partial charge is 0.489 e. The SMILES string of the molecule is CC(C)Oc1cc(S(=O)(=O)N2CCOCC2)ccc1N1CC(=O)N(C)C1=O. The fraction of sp³-hybridized carbons (Fsp3) is 0.529. The van der Waals surface area contributed by atoms with Crippen molar-refractivity contribution in [2.75, 3.05) is 44.8 Å². The molecule has 0 aromatic heterocycles. The molecule has 0 unspecified atom stereocenters. The van der Waals surface area contributed by atoms with Gasteiger partial charge in [0.15, 0.2) is 0 Å². The topological polar surface area (TPSA) is 96.5 Å². The van der Waals surface area contributed by atoms with Gasteiger partial charge >= 0.3 is 6.03 Å². The molecule has 1 aromatic rings. The summed E-state index contributed by atoms with van der Waals surface area (Å²) in [6.07, 6.45) is -0.240. The van der Waals surface area contributed by atoms with Gasteiger partial charge in [-0.1, -0.05) is 0 Å². The summed E-state index contributed by atoms with van der Waals surface area (Å²) in [5.74, 6) is -0.0868. The third-order valence-corrected chi connectivity index (χ3v) is 6.27. The fourth-order valence-corrected chi connectivity index (χ4v) is 4.37. The molecule has 0 spiro atoms. The molecule has 3 amide bonds. The highest BCUT2D eigenvalue weighted by molar-refractivity contribution is 7.89. The van der Waals surface area contributed by atoms with Crippen molar-refractivity contribution in [2.45, 2.75) is 24.8 Å². The molecule has 2 fully saturated rings. The number of anilines is 1. The average Bonchev–Trinajstić information content (AvgIpc) is 2.89. The highest BCUT2D eigenvalue weighted by atomic mass is 32.2. The van der Waals surface area contributed by atoms with Crippen LogP contribution in [0.4, 0.5) is 10.5 Å². The Bertz CT molecular complexity index is 848. The van der Waals surface area contributed by atoms with Gasteiger partial charge in [-0.05, 0) is 26.0 Å². The molecule has 2 aliphatic rings. The Morgan fingerprint density at radius 2 is 1.81 bits per heavy atom. The third kappa shape index (κ3) is 3.78.